The number of aromatic amines is 1. The monoisotopic (exact) mass is 502 g/mol. The number of thiophene rings is 1. The van der Waals surface area contributed by atoms with Gasteiger partial charge in [-0.2, -0.15) is 0 Å². The Morgan fingerprint density at radius 1 is 1.25 bits per heavy atom. The van der Waals surface area contributed by atoms with Gasteiger partial charge in [-0.1, -0.05) is 12.1 Å². The van der Waals surface area contributed by atoms with Crippen LogP contribution in [0.15, 0.2) is 48.2 Å². The molecule has 3 N–H and O–H groups in total. The number of carbonyl (C=O) groups is 3. The van der Waals surface area contributed by atoms with Gasteiger partial charge in [0.05, 0.1) is 22.8 Å². The van der Waals surface area contributed by atoms with Gasteiger partial charge in [0.15, 0.2) is 12.3 Å². The number of nitrogens with zero attached hydrogens (tertiary/aromatic N) is 3. The van der Waals surface area contributed by atoms with Crippen molar-refractivity contribution in [2.24, 2.45) is 0 Å². The average molecular weight is 503 g/mol. The maximum atomic E-state index is 13.5. The molecule has 3 aromatic heterocycles. The zero-order chi connectivity index (χ0) is 24.6. The number of aromatic nitrogens is 3. The van der Waals surface area contributed by atoms with E-state index in [1.165, 1.54) is 11.2 Å². The Bertz CT molecular complexity index is 1480. The highest BCUT2D eigenvalue weighted by Gasteiger charge is 2.33. The Labute approximate surface area is 209 Å². The van der Waals surface area contributed by atoms with Crippen LogP contribution in [0.2, 0.25) is 0 Å². The number of likely N-dealkylation sites (tertiary alicyclic amines) is 1. The number of benzene rings is 1. The highest BCUT2D eigenvalue weighted by molar-refractivity contribution is 7.10. The number of anilines is 1. The summed E-state index contributed by atoms with van der Waals surface area (Å²) in [5.41, 5.74) is 2.77. The van der Waals surface area contributed by atoms with Crippen LogP contribution in [0.1, 0.15) is 50.2 Å². The second-order valence-electron chi connectivity index (χ2n) is 8.67. The van der Waals surface area contributed by atoms with Gasteiger partial charge in [0.2, 0.25) is 0 Å². The molecular weight excluding hydrogens is 480 g/mol. The molecule has 10 nitrogen and oxygen atoms in total. The van der Waals surface area contributed by atoms with E-state index in [1.807, 2.05) is 22.4 Å². The van der Waals surface area contributed by atoms with Crippen LogP contribution in [0.4, 0.5) is 5.69 Å². The zero-order valence-electron chi connectivity index (χ0n) is 19.1. The van der Waals surface area contributed by atoms with Gasteiger partial charge in [-0.3, -0.25) is 14.4 Å². The summed E-state index contributed by atoms with van der Waals surface area (Å²) < 4.78 is 5.37. The molecule has 4 aromatic rings. The van der Waals surface area contributed by atoms with Crippen LogP contribution >= 0.6 is 11.3 Å². The Kier molecular flexibility index (Phi) is 5.61. The van der Waals surface area contributed by atoms with E-state index in [9.17, 15) is 14.4 Å². The third kappa shape index (κ3) is 3.97. The molecule has 182 valence electrons. The van der Waals surface area contributed by atoms with Gasteiger partial charge in [-0.05, 0) is 42.0 Å². The number of hydrogen-bond acceptors (Lipinski definition) is 7. The van der Waals surface area contributed by atoms with Crippen molar-refractivity contribution >= 4 is 45.8 Å². The number of carbonyl (C=O) groups excluding carboxylic acids is 3. The molecule has 1 aromatic carbocycles. The first-order chi connectivity index (χ1) is 17.6. The van der Waals surface area contributed by atoms with Gasteiger partial charge in [0, 0.05) is 24.2 Å². The summed E-state index contributed by atoms with van der Waals surface area (Å²) in [5.74, 6) is -0.149. The normalized spacial score (nSPS) is 16.9. The minimum Gasteiger partial charge on any atom is -0.482 e. The number of hydrogen-bond donors (Lipinski definition) is 3. The van der Waals surface area contributed by atoms with Crippen LogP contribution in [0.25, 0.3) is 11.0 Å². The highest BCUT2D eigenvalue weighted by Crippen LogP contribution is 2.36. The second kappa shape index (κ2) is 9.08. The topological polar surface area (TPSA) is 129 Å². The van der Waals surface area contributed by atoms with Crippen molar-refractivity contribution in [3.05, 3.63) is 69.9 Å². The minimum atomic E-state index is -0.404. The van der Waals surface area contributed by atoms with Gasteiger partial charge in [-0.25, -0.2) is 9.97 Å². The molecule has 1 unspecified atom stereocenters. The maximum Gasteiger partial charge on any atom is 0.272 e. The number of ether oxygens (including phenoxy) is 1. The van der Waals surface area contributed by atoms with Crippen LogP contribution in [-0.4, -0.2) is 50.7 Å². The molecule has 0 saturated carbocycles. The summed E-state index contributed by atoms with van der Waals surface area (Å²) in [4.78, 5) is 52.6. The largest absolute Gasteiger partial charge is 0.482 e. The van der Waals surface area contributed by atoms with Gasteiger partial charge >= 0.3 is 0 Å². The van der Waals surface area contributed by atoms with Crippen LogP contribution in [0.5, 0.6) is 5.75 Å². The fraction of sp³-hybridized carbons (Fsp3) is 0.240. The molecule has 6 rings (SSSR count). The molecule has 1 fully saturated rings. The van der Waals surface area contributed by atoms with E-state index in [1.54, 1.807) is 29.7 Å². The first kappa shape index (κ1) is 22.2. The molecule has 2 aliphatic rings. The van der Waals surface area contributed by atoms with Crippen molar-refractivity contribution in [1.82, 2.24) is 25.2 Å². The fourth-order valence-corrected chi connectivity index (χ4v) is 5.60. The lowest BCUT2D eigenvalue weighted by Crippen LogP contribution is -2.30. The van der Waals surface area contributed by atoms with Crippen molar-refractivity contribution in [3.8, 4) is 5.75 Å². The first-order valence-corrected chi connectivity index (χ1v) is 12.5. The van der Waals surface area contributed by atoms with E-state index < -0.39 is 5.91 Å². The van der Waals surface area contributed by atoms with Crippen LogP contribution in [0, 0.1) is 0 Å². The Morgan fingerprint density at radius 3 is 3.03 bits per heavy atom. The van der Waals surface area contributed by atoms with Gasteiger partial charge in [0.1, 0.15) is 17.6 Å². The number of fused-ring (bicyclic) bond motifs is 2. The number of nitrogens with one attached hydrogen (secondary N) is 3. The van der Waals surface area contributed by atoms with E-state index in [2.05, 4.69) is 31.7 Å². The Balaban J connectivity index is 1.21. The third-order valence-corrected chi connectivity index (χ3v) is 7.40. The summed E-state index contributed by atoms with van der Waals surface area (Å²) in [5, 5.41) is 7.62. The number of rotatable bonds is 5. The maximum absolute atomic E-state index is 13.5. The lowest BCUT2D eigenvalue weighted by molar-refractivity contribution is -0.118. The molecule has 5 heterocycles. The fourth-order valence-electron chi connectivity index (χ4n) is 4.72. The smallest absolute Gasteiger partial charge is 0.272 e. The van der Waals surface area contributed by atoms with E-state index in [-0.39, 0.29) is 36.7 Å². The number of H-pyrrole nitrogens is 1. The van der Waals surface area contributed by atoms with Crippen molar-refractivity contribution in [3.63, 3.8) is 0 Å². The third-order valence-electron chi connectivity index (χ3n) is 6.42. The van der Waals surface area contributed by atoms with Crippen LogP contribution < -0.4 is 15.4 Å². The molecule has 0 radical (unpaired) electrons. The summed E-state index contributed by atoms with van der Waals surface area (Å²) in [6.45, 7) is 0.884. The molecule has 0 spiro atoms. The SMILES string of the molecule is O=C1COc2ccc(CNC(=O)c3ncnc4c(C(=O)N5CCCC5c5cccs5)c[nH]c34)cc2N1. The lowest BCUT2D eigenvalue weighted by Gasteiger charge is -2.23. The predicted octanol–water partition coefficient (Wildman–Crippen LogP) is 3.26. The summed E-state index contributed by atoms with van der Waals surface area (Å²) >= 11 is 1.65. The summed E-state index contributed by atoms with van der Waals surface area (Å²) in [6.07, 6.45) is 4.77. The number of amides is 3. The molecule has 0 bridgehead atoms. The van der Waals surface area contributed by atoms with Gasteiger partial charge in [-0.15, -0.1) is 11.3 Å². The quantitative estimate of drug-likeness (QED) is 0.384. The molecule has 2 aliphatic heterocycles. The molecule has 3 amide bonds. The van der Waals surface area contributed by atoms with Crippen molar-refractivity contribution < 1.29 is 19.1 Å². The highest BCUT2D eigenvalue weighted by atomic mass is 32.1. The lowest BCUT2D eigenvalue weighted by atomic mass is 10.1. The van der Waals surface area contributed by atoms with E-state index in [0.717, 1.165) is 18.4 Å². The summed E-state index contributed by atoms with van der Waals surface area (Å²) in [6, 6.07) is 9.44. The minimum absolute atomic E-state index is 0.0140. The molecule has 11 heteroatoms. The Hall–Kier alpha value is -4.25. The van der Waals surface area contributed by atoms with Crippen LogP contribution in [0.3, 0.4) is 0 Å². The van der Waals surface area contributed by atoms with Crippen molar-refractivity contribution in [1.29, 1.82) is 0 Å². The second-order valence-corrected chi connectivity index (χ2v) is 9.65. The molecular formula is C25H22N6O4S. The van der Waals surface area contributed by atoms with Crippen LogP contribution in [-0.2, 0) is 11.3 Å². The van der Waals surface area contributed by atoms with Crippen molar-refractivity contribution in [2.75, 3.05) is 18.5 Å². The van der Waals surface area contributed by atoms with E-state index >= 15 is 0 Å². The standard InChI is InChI=1S/C25H22N6O4S/c32-20-12-35-18-6-5-14(9-16(18)30-20)10-27-24(33)23-22-21(28-13-29-23)15(11-26-22)25(34)31-7-1-3-17(31)19-4-2-8-36-19/h2,4-6,8-9,11,13,17,26H,1,3,7,10,12H2,(H,27,33)(H,30,32). The average Bonchev–Trinajstić information content (AvgIpc) is 3.66. The van der Waals surface area contributed by atoms with E-state index in [4.69, 9.17) is 4.74 Å². The molecule has 0 aliphatic carbocycles. The first-order valence-electron chi connectivity index (χ1n) is 11.6. The molecule has 1 atom stereocenters. The molecule has 1 saturated heterocycles. The summed E-state index contributed by atoms with van der Waals surface area (Å²) in [7, 11) is 0. The van der Waals surface area contributed by atoms with Gasteiger partial charge in [0.25, 0.3) is 17.7 Å². The van der Waals surface area contributed by atoms with E-state index in [0.29, 0.717) is 34.6 Å². The predicted molar refractivity (Wildman–Crippen MR) is 133 cm³/mol. The Morgan fingerprint density at radius 2 is 2.17 bits per heavy atom. The zero-order valence-corrected chi connectivity index (χ0v) is 19.9. The van der Waals surface area contributed by atoms with Crippen molar-refractivity contribution in [2.45, 2.75) is 25.4 Å². The molecule has 36 heavy (non-hydrogen) atoms. The van der Waals surface area contributed by atoms with Gasteiger partial charge < -0.3 is 25.3 Å².